The van der Waals surface area contributed by atoms with Gasteiger partial charge in [-0.25, -0.2) is 0 Å². The molecular formula is C22H21NO2. The zero-order valence-corrected chi connectivity index (χ0v) is 14.2. The zero-order valence-electron chi connectivity index (χ0n) is 14.2. The predicted octanol–water partition coefficient (Wildman–Crippen LogP) is 4.25. The Balaban J connectivity index is 1.79. The normalized spacial score (nSPS) is 15.8. The van der Waals surface area contributed by atoms with Crippen LogP contribution in [0.4, 0.5) is 0 Å². The molecule has 1 heterocycles. The van der Waals surface area contributed by atoms with Gasteiger partial charge in [0.05, 0.1) is 0 Å². The maximum absolute atomic E-state index is 6.43. The Kier molecular flexibility index (Phi) is 3.94. The molecule has 1 aliphatic heterocycles. The highest BCUT2D eigenvalue weighted by atomic mass is 16.7. The van der Waals surface area contributed by atoms with E-state index in [1.807, 2.05) is 79.7 Å². The van der Waals surface area contributed by atoms with Crippen molar-refractivity contribution in [3.05, 3.63) is 95.6 Å². The molecule has 1 aliphatic rings. The Morgan fingerprint density at radius 1 is 0.800 bits per heavy atom. The van der Waals surface area contributed by atoms with Gasteiger partial charge in [-0.3, -0.25) is 0 Å². The number of benzene rings is 3. The highest BCUT2D eigenvalue weighted by molar-refractivity contribution is 5.50. The van der Waals surface area contributed by atoms with Crippen LogP contribution in [0.25, 0.3) is 0 Å². The number of hydrogen-bond donors (Lipinski definition) is 1. The van der Waals surface area contributed by atoms with Gasteiger partial charge < -0.3 is 15.2 Å². The summed E-state index contributed by atoms with van der Waals surface area (Å²) in [5, 5.41) is 0. The summed E-state index contributed by atoms with van der Waals surface area (Å²) in [6.45, 7) is 2.00. The Labute approximate surface area is 148 Å². The second-order valence-electron chi connectivity index (χ2n) is 6.52. The van der Waals surface area contributed by atoms with Crippen molar-refractivity contribution in [2.75, 3.05) is 0 Å². The molecule has 0 saturated carbocycles. The second kappa shape index (κ2) is 6.26. The van der Waals surface area contributed by atoms with Crippen LogP contribution in [0.5, 0.6) is 11.5 Å². The van der Waals surface area contributed by atoms with Gasteiger partial charge in [-0.2, -0.15) is 0 Å². The fourth-order valence-electron chi connectivity index (χ4n) is 3.26. The Bertz CT molecular complexity index is 820. The molecule has 0 fully saturated rings. The van der Waals surface area contributed by atoms with Crippen molar-refractivity contribution in [3.8, 4) is 11.5 Å². The van der Waals surface area contributed by atoms with Gasteiger partial charge in [-0.1, -0.05) is 66.7 Å². The average Bonchev–Trinajstić information content (AvgIpc) is 3.03. The van der Waals surface area contributed by atoms with Crippen molar-refractivity contribution >= 4 is 0 Å². The number of fused-ring (bicyclic) bond motifs is 1. The van der Waals surface area contributed by atoms with Crippen LogP contribution in [0.1, 0.15) is 23.6 Å². The van der Waals surface area contributed by atoms with Gasteiger partial charge in [-0.05, 0) is 31.0 Å². The summed E-state index contributed by atoms with van der Waals surface area (Å²) in [5.74, 6) is 0.546. The van der Waals surface area contributed by atoms with Crippen molar-refractivity contribution < 1.29 is 9.47 Å². The van der Waals surface area contributed by atoms with E-state index in [1.54, 1.807) is 0 Å². The van der Waals surface area contributed by atoms with Crippen LogP contribution in [0.2, 0.25) is 0 Å². The van der Waals surface area contributed by atoms with E-state index in [0.29, 0.717) is 0 Å². The lowest BCUT2D eigenvalue weighted by Gasteiger charge is -2.28. The van der Waals surface area contributed by atoms with Crippen LogP contribution in [-0.2, 0) is 12.2 Å². The first-order valence-electron chi connectivity index (χ1n) is 8.55. The maximum Gasteiger partial charge on any atom is 0.305 e. The molecule has 3 aromatic rings. The lowest BCUT2D eigenvalue weighted by molar-refractivity contribution is -0.0459. The molecule has 25 heavy (non-hydrogen) atoms. The zero-order chi connectivity index (χ0) is 17.3. The van der Waals surface area contributed by atoms with E-state index in [-0.39, 0.29) is 6.04 Å². The van der Waals surface area contributed by atoms with Gasteiger partial charge in [0.1, 0.15) is 0 Å². The molecule has 3 aromatic carbocycles. The van der Waals surface area contributed by atoms with E-state index in [4.69, 9.17) is 15.2 Å². The van der Waals surface area contributed by atoms with E-state index >= 15 is 0 Å². The number of ether oxygens (including phenoxy) is 2. The first-order chi connectivity index (χ1) is 12.2. The third-order valence-corrected chi connectivity index (χ3v) is 4.38. The van der Waals surface area contributed by atoms with Crippen molar-refractivity contribution in [2.24, 2.45) is 5.73 Å². The van der Waals surface area contributed by atoms with Gasteiger partial charge in [0.25, 0.3) is 0 Å². The summed E-state index contributed by atoms with van der Waals surface area (Å²) < 4.78 is 12.8. The van der Waals surface area contributed by atoms with Crippen molar-refractivity contribution in [1.29, 1.82) is 0 Å². The molecule has 1 atom stereocenters. The van der Waals surface area contributed by atoms with Crippen molar-refractivity contribution in [1.82, 2.24) is 0 Å². The molecule has 126 valence electrons. The molecule has 4 rings (SSSR count). The first-order valence-corrected chi connectivity index (χ1v) is 8.55. The van der Waals surface area contributed by atoms with E-state index in [0.717, 1.165) is 34.6 Å². The minimum absolute atomic E-state index is 0.105. The molecule has 0 aliphatic carbocycles. The lowest BCUT2D eigenvalue weighted by atomic mass is 9.97. The standard InChI is InChI=1S/C22H21NO2/c1-16(23)14-17-12-13-20-21(15-17)25-22(24-20,18-8-4-2-5-9-18)19-10-6-3-7-11-19/h2-13,15-16H,14,23H2,1H3. The molecule has 0 spiro atoms. The summed E-state index contributed by atoms with van der Waals surface area (Å²) in [4.78, 5) is 0. The topological polar surface area (TPSA) is 44.5 Å². The van der Waals surface area contributed by atoms with Crippen LogP contribution in [0.15, 0.2) is 78.9 Å². The van der Waals surface area contributed by atoms with E-state index in [2.05, 4.69) is 6.07 Å². The van der Waals surface area contributed by atoms with Crippen LogP contribution in [0, 0.1) is 0 Å². The first kappa shape index (κ1) is 15.7. The maximum atomic E-state index is 6.43. The fourth-order valence-corrected chi connectivity index (χ4v) is 3.26. The minimum Gasteiger partial charge on any atom is -0.440 e. The molecule has 2 N–H and O–H groups in total. The Morgan fingerprint density at radius 2 is 1.36 bits per heavy atom. The number of nitrogens with two attached hydrogens (primary N) is 1. The molecule has 0 aromatic heterocycles. The minimum atomic E-state index is -0.961. The number of rotatable bonds is 4. The average molecular weight is 331 g/mol. The smallest absolute Gasteiger partial charge is 0.305 e. The molecule has 1 unspecified atom stereocenters. The van der Waals surface area contributed by atoms with Crippen LogP contribution < -0.4 is 15.2 Å². The van der Waals surface area contributed by atoms with Crippen molar-refractivity contribution in [2.45, 2.75) is 25.2 Å². The molecule has 3 nitrogen and oxygen atoms in total. The highest BCUT2D eigenvalue weighted by Crippen LogP contribution is 2.47. The third-order valence-electron chi connectivity index (χ3n) is 4.38. The summed E-state index contributed by atoms with van der Waals surface area (Å²) in [6, 6.07) is 26.3. The monoisotopic (exact) mass is 331 g/mol. The highest BCUT2D eigenvalue weighted by Gasteiger charge is 2.45. The summed E-state index contributed by atoms with van der Waals surface area (Å²) >= 11 is 0. The van der Waals surface area contributed by atoms with Gasteiger partial charge >= 0.3 is 5.79 Å². The summed E-state index contributed by atoms with van der Waals surface area (Å²) in [6.07, 6.45) is 0.806. The lowest BCUT2D eigenvalue weighted by Crippen LogP contribution is -2.36. The quantitative estimate of drug-likeness (QED) is 0.777. The second-order valence-corrected chi connectivity index (χ2v) is 6.52. The van der Waals surface area contributed by atoms with E-state index < -0.39 is 5.79 Å². The van der Waals surface area contributed by atoms with Crippen molar-refractivity contribution in [3.63, 3.8) is 0 Å². The predicted molar refractivity (Wildman–Crippen MR) is 98.7 cm³/mol. The summed E-state index contributed by atoms with van der Waals surface area (Å²) in [7, 11) is 0. The van der Waals surface area contributed by atoms with Gasteiger partial charge in [0, 0.05) is 17.2 Å². The Hall–Kier alpha value is -2.78. The largest absolute Gasteiger partial charge is 0.440 e. The molecule has 0 amide bonds. The third kappa shape index (κ3) is 2.87. The van der Waals surface area contributed by atoms with Crippen LogP contribution >= 0.6 is 0 Å². The number of hydrogen-bond acceptors (Lipinski definition) is 3. The summed E-state index contributed by atoms with van der Waals surface area (Å²) in [5.41, 5.74) is 9.01. The van der Waals surface area contributed by atoms with E-state index in [1.165, 1.54) is 0 Å². The molecular weight excluding hydrogens is 310 g/mol. The molecule has 0 saturated heterocycles. The molecule has 3 heteroatoms. The van der Waals surface area contributed by atoms with Gasteiger partial charge in [-0.15, -0.1) is 0 Å². The van der Waals surface area contributed by atoms with Gasteiger partial charge in [0.2, 0.25) is 0 Å². The van der Waals surface area contributed by atoms with Gasteiger partial charge in [0.15, 0.2) is 11.5 Å². The fraction of sp³-hybridized carbons (Fsp3) is 0.182. The van der Waals surface area contributed by atoms with Crippen LogP contribution in [0.3, 0.4) is 0 Å². The SMILES string of the molecule is CC(N)Cc1ccc2c(c1)OC(c1ccccc1)(c1ccccc1)O2. The van der Waals surface area contributed by atoms with E-state index in [9.17, 15) is 0 Å². The Morgan fingerprint density at radius 3 is 1.92 bits per heavy atom. The molecule has 0 bridgehead atoms. The van der Waals surface area contributed by atoms with Crippen LogP contribution in [-0.4, -0.2) is 6.04 Å². The molecule has 0 radical (unpaired) electrons.